The summed E-state index contributed by atoms with van der Waals surface area (Å²) in [6.45, 7) is 7.57. The molecule has 2 aliphatic rings. The highest BCUT2D eigenvalue weighted by atomic mass is 35.5. The Morgan fingerprint density at radius 3 is 2.44 bits per heavy atom. The van der Waals surface area contributed by atoms with E-state index in [4.69, 9.17) is 33.8 Å². The third kappa shape index (κ3) is 7.28. The molecule has 0 atom stereocenters. The standard InChI is InChI=1S/C23H34ClN9S/c1-31(15-9-26-23(34)28-18-6-7-19(24)27-17-18)14-8-25-20-16-21(32-10-2-3-11-32)30-22(29-20)33-12-4-5-13-33/h6-7,16-17H,2-5,8-15H2,1H3,(H,25,29,30)(H2,26,28,34). The maximum Gasteiger partial charge on any atom is 0.229 e. The first-order chi connectivity index (χ1) is 16.6. The molecule has 2 aliphatic heterocycles. The fraction of sp³-hybridized carbons (Fsp3) is 0.565. The van der Waals surface area contributed by atoms with Crippen LogP contribution >= 0.6 is 23.8 Å². The molecule has 0 unspecified atom stereocenters. The van der Waals surface area contributed by atoms with Gasteiger partial charge in [-0.15, -0.1) is 0 Å². The number of rotatable bonds is 10. The Kier molecular flexibility index (Phi) is 8.95. The zero-order valence-corrected chi connectivity index (χ0v) is 21.3. The molecule has 4 rings (SSSR count). The molecule has 2 saturated heterocycles. The monoisotopic (exact) mass is 503 g/mol. The molecule has 9 nitrogen and oxygen atoms in total. The Bertz CT molecular complexity index is 896. The Balaban J connectivity index is 1.21. The van der Waals surface area contributed by atoms with E-state index in [2.05, 4.69) is 48.7 Å². The normalized spacial score (nSPS) is 15.7. The number of nitrogens with one attached hydrogen (secondary N) is 3. The van der Waals surface area contributed by atoms with Gasteiger partial charge in [0.2, 0.25) is 5.95 Å². The van der Waals surface area contributed by atoms with Crippen LogP contribution in [0.2, 0.25) is 5.15 Å². The van der Waals surface area contributed by atoms with Crippen molar-refractivity contribution in [3.05, 3.63) is 29.5 Å². The summed E-state index contributed by atoms with van der Waals surface area (Å²) in [7, 11) is 2.11. The van der Waals surface area contributed by atoms with Crippen molar-refractivity contribution in [1.82, 2.24) is 25.2 Å². The van der Waals surface area contributed by atoms with Crippen LogP contribution in [0.1, 0.15) is 25.7 Å². The second-order valence-electron chi connectivity index (χ2n) is 8.78. The van der Waals surface area contributed by atoms with Crippen molar-refractivity contribution in [3.63, 3.8) is 0 Å². The lowest BCUT2D eigenvalue weighted by molar-refractivity contribution is 0.352. The molecule has 0 amide bonds. The molecule has 2 aromatic heterocycles. The number of nitrogens with zero attached hydrogens (tertiary/aromatic N) is 6. The minimum absolute atomic E-state index is 0.459. The van der Waals surface area contributed by atoms with E-state index in [1.807, 2.05) is 6.07 Å². The zero-order valence-electron chi connectivity index (χ0n) is 19.8. The molecule has 34 heavy (non-hydrogen) atoms. The van der Waals surface area contributed by atoms with E-state index in [-0.39, 0.29) is 0 Å². The molecule has 2 fully saturated rings. The Hall–Kier alpha value is -2.43. The van der Waals surface area contributed by atoms with E-state index in [1.54, 1.807) is 12.3 Å². The number of hydrogen-bond acceptors (Lipinski definition) is 8. The van der Waals surface area contributed by atoms with Crippen molar-refractivity contribution in [2.75, 3.05) is 79.8 Å². The topological polar surface area (TPSA) is 84.5 Å². The average molecular weight is 504 g/mol. The highest BCUT2D eigenvalue weighted by molar-refractivity contribution is 7.80. The van der Waals surface area contributed by atoms with Crippen LogP contribution in [0.5, 0.6) is 0 Å². The second-order valence-corrected chi connectivity index (χ2v) is 9.58. The lowest BCUT2D eigenvalue weighted by Crippen LogP contribution is -2.36. The fourth-order valence-electron chi connectivity index (χ4n) is 4.15. The minimum atomic E-state index is 0.459. The molecule has 0 aromatic carbocycles. The Morgan fingerprint density at radius 1 is 1.03 bits per heavy atom. The second kappa shape index (κ2) is 12.3. The third-order valence-electron chi connectivity index (χ3n) is 6.08. The van der Waals surface area contributed by atoms with Gasteiger partial charge in [-0.25, -0.2) is 4.98 Å². The zero-order chi connectivity index (χ0) is 23.8. The quantitative estimate of drug-likeness (QED) is 0.332. The van der Waals surface area contributed by atoms with Crippen LogP contribution < -0.4 is 25.8 Å². The molecule has 0 spiro atoms. The first kappa shape index (κ1) is 24.7. The lowest BCUT2D eigenvalue weighted by Gasteiger charge is -2.22. The highest BCUT2D eigenvalue weighted by Crippen LogP contribution is 2.25. The van der Waals surface area contributed by atoms with E-state index < -0.39 is 0 Å². The molecule has 4 heterocycles. The first-order valence-corrected chi connectivity index (χ1v) is 12.8. The van der Waals surface area contributed by atoms with Crippen LogP contribution in [0.3, 0.4) is 0 Å². The van der Waals surface area contributed by atoms with Gasteiger partial charge in [-0.05, 0) is 57.1 Å². The summed E-state index contributed by atoms with van der Waals surface area (Å²) in [4.78, 5) is 20.7. The summed E-state index contributed by atoms with van der Waals surface area (Å²) >= 11 is 11.2. The summed E-state index contributed by atoms with van der Waals surface area (Å²) in [5.74, 6) is 2.82. The molecule has 184 valence electrons. The van der Waals surface area contributed by atoms with Crippen molar-refractivity contribution >= 4 is 52.2 Å². The van der Waals surface area contributed by atoms with Gasteiger partial charge in [0.15, 0.2) is 5.11 Å². The van der Waals surface area contributed by atoms with E-state index in [1.165, 1.54) is 25.7 Å². The molecule has 3 N–H and O–H groups in total. The highest BCUT2D eigenvalue weighted by Gasteiger charge is 2.20. The predicted octanol–water partition coefficient (Wildman–Crippen LogP) is 3.06. The number of anilines is 4. The first-order valence-electron chi connectivity index (χ1n) is 12.0. The van der Waals surface area contributed by atoms with Gasteiger partial charge in [-0.1, -0.05) is 11.6 Å². The van der Waals surface area contributed by atoms with Crippen LogP contribution in [0, 0.1) is 0 Å². The molecule has 0 aliphatic carbocycles. The van der Waals surface area contributed by atoms with Crippen LogP contribution in [-0.2, 0) is 0 Å². The maximum atomic E-state index is 5.81. The predicted molar refractivity (Wildman–Crippen MR) is 144 cm³/mol. The van der Waals surface area contributed by atoms with E-state index in [0.717, 1.165) is 75.6 Å². The van der Waals surface area contributed by atoms with Gasteiger partial charge in [0.05, 0.1) is 11.9 Å². The van der Waals surface area contributed by atoms with Gasteiger partial charge in [0.25, 0.3) is 0 Å². The molecule has 2 aromatic rings. The molecular weight excluding hydrogens is 470 g/mol. The molecule has 0 radical (unpaired) electrons. The SMILES string of the molecule is CN(CCNC(=S)Nc1ccc(Cl)nc1)CCNc1cc(N2CCCC2)nc(N2CCCC2)n1. The minimum Gasteiger partial charge on any atom is -0.369 e. The van der Waals surface area contributed by atoms with Gasteiger partial charge in [-0.2, -0.15) is 9.97 Å². The summed E-state index contributed by atoms with van der Waals surface area (Å²) in [5, 5.41) is 10.9. The lowest BCUT2D eigenvalue weighted by atomic mass is 10.4. The summed E-state index contributed by atoms with van der Waals surface area (Å²) in [6, 6.07) is 5.67. The summed E-state index contributed by atoms with van der Waals surface area (Å²) in [6.07, 6.45) is 6.56. The van der Waals surface area contributed by atoms with E-state index >= 15 is 0 Å². The summed E-state index contributed by atoms with van der Waals surface area (Å²) < 4.78 is 0. The maximum absolute atomic E-state index is 5.81. The fourth-order valence-corrected chi connectivity index (χ4v) is 4.48. The smallest absolute Gasteiger partial charge is 0.229 e. The van der Waals surface area contributed by atoms with Crippen molar-refractivity contribution in [1.29, 1.82) is 0 Å². The largest absolute Gasteiger partial charge is 0.369 e. The van der Waals surface area contributed by atoms with Gasteiger partial charge < -0.3 is 30.7 Å². The Labute approximate surface area is 212 Å². The van der Waals surface area contributed by atoms with E-state index in [9.17, 15) is 0 Å². The Morgan fingerprint density at radius 2 is 1.74 bits per heavy atom. The third-order valence-corrected chi connectivity index (χ3v) is 6.55. The summed E-state index contributed by atoms with van der Waals surface area (Å²) in [5.41, 5.74) is 0.811. The van der Waals surface area contributed by atoms with Gasteiger partial charge in [0.1, 0.15) is 16.8 Å². The number of pyridine rings is 1. The number of thiocarbonyl (C=S) groups is 1. The van der Waals surface area contributed by atoms with Gasteiger partial charge in [0, 0.05) is 58.4 Å². The number of hydrogen-bond donors (Lipinski definition) is 3. The van der Waals surface area contributed by atoms with Crippen molar-refractivity contribution < 1.29 is 0 Å². The van der Waals surface area contributed by atoms with Gasteiger partial charge >= 0.3 is 0 Å². The molecular formula is C23H34ClN9S. The average Bonchev–Trinajstić information content (AvgIpc) is 3.55. The number of likely N-dealkylation sites (N-methyl/N-ethyl adjacent to an activating group) is 1. The van der Waals surface area contributed by atoms with E-state index in [0.29, 0.717) is 10.3 Å². The van der Waals surface area contributed by atoms with Crippen molar-refractivity contribution in [2.45, 2.75) is 25.7 Å². The molecule has 0 bridgehead atoms. The van der Waals surface area contributed by atoms with Crippen molar-refractivity contribution in [3.8, 4) is 0 Å². The van der Waals surface area contributed by atoms with Gasteiger partial charge in [-0.3, -0.25) is 0 Å². The molecule has 0 saturated carbocycles. The van der Waals surface area contributed by atoms with Crippen LogP contribution in [0.15, 0.2) is 24.4 Å². The van der Waals surface area contributed by atoms with Crippen LogP contribution in [-0.4, -0.2) is 84.4 Å². The number of aromatic nitrogens is 3. The van der Waals surface area contributed by atoms with Crippen LogP contribution in [0.25, 0.3) is 0 Å². The molecule has 11 heteroatoms. The van der Waals surface area contributed by atoms with Crippen LogP contribution in [0.4, 0.5) is 23.3 Å². The number of halogens is 1. The van der Waals surface area contributed by atoms with Crippen molar-refractivity contribution in [2.24, 2.45) is 0 Å².